The quantitative estimate of drug-likeness (QED) is 0.841. The van der Waals surface area contributed by atoms with Gasteiger partial charge in [0.2, 0.25) is 5.95 Å². The predicted molar refractivity (Wildman–Crippen MR) is 63.6 cm³/mol. The molecule has 1 aromatic carbocycles. The van der Waals surface area contributed by atoms with E-state index >= 15 is 0 Å². The Labute approximate surface area is 103 Å². The van der Waals surface area contributed by atoms with E-state index < -0.39 is 0 Å². The van der Waals surface area contributed by atoms with Gasteiger partial charge < -0.3 is 10.4 Å². The standard InChI is InChI=1S/C12H13FN4O/c13-9-4-2-1-3-8(9)10-5-6-14-12-15-11(7-18)16-17(10)12/h1-4,10,18H,5-7H2,(H,14,15,16). The van der Waals surface area contributed by atoms with E-state index in [4.69, 9.17) is 5.11 Å². The van der Waals surface area contributed by atoms with Crippen molar-refractivity contribution in [3.05, 3.63) is 41.5 Å². The Morgan fingerprint density at radius 3 is 3.06 bits per heavy atom. The summed E-state index contributed by atoms with van der Waals surface area (Å²) in [5, 5.41) is 16.3. The summed E-state index contributed by atoms with van der Waals surface area (Å²) in [6.45, 7) is 0.494. The summed E-state index contributed by atoms with van der Waals surface area (Å²) in [6.07, 6.45) is 0.738. The fourth-order valence-electron chi connectivity index (χ4n) is 2.25. The SMILES string of the molecule is OCc1nc2n(n1)C(c1ccccc1F)CCN2. The van der Waals surface area contributed by atoms with Crippen molar-refractivity contribution in [1.82, 2.24) is 14.8 Å². The number of fused-ring (bicyclic) bond motifs is 1. The number of nitrogens with one attached hydrogen (secondary N) is 1. The molecule has 0 spiro atoms. The zero-order valence-electron chi connectivity index (χ0n) is 9.67. The molecule has 0 radical (unpaired) electrons. The van der Waals surface area contributed by atoms with Crippen molar-refractivity contribution < 1.29 is 9.50 Å². The number of aliphatic hydroxyl groups excluding tert-OH is 1. The van der Waals surface area contributed by atoms with Gasteiger partial charge in [-0.05, 0) is 12.5 Å². The zero-order valence-corrected chi connectivity index (χ0v) is 9.67. The number of nitrogens with zero attached hydrogens (tertiary/aromatic N) is 3. The molecule has 94 valence electrons. The summed E-state index contributed by atoms with van der Waals surface area (Å²) in [4.78, 5) is 4.14. The molecule has 0 fully saturated rings. The van der Waals surface area contributed by atoms with E-state index in [1.165, 1.54) is 6.07 Å². The number of hydrogen-bond donors (Lipinski definition) is 2. The molecule has 0 saturated carbocycles. The van der Waals surface area contributed by atoms with Gasteiger partial charge in [0, 0.05) is 12.1 Å². The van der Waals surface area contributed by atoms with Crippen LogP contribution in [0.25, 0.3) is 0 Å². The van der Waals surface area contributed by atoms with Crippen molar-refractivity contribution in [1.29, 1.82) is 0 Å². The van der Waals surface area contributed by atoms with Gasteiger partial charge in [0.1, 0.15) is 12.4 Å². The first-order valence-corrected chi connectivity index (χ1v) is 5.84. The fourth-order valence-corrected chi connectivity index (χ4v) is 2.25. The van der Waals surface area contributed by atoms with Gasteiger partial charge in [-0.15, -0.1) is 0 Å². The smallest absolute Gasteiger partial charge is 0.222 e. The number of hydrogen-bond acceptors (Lipinski definition) is 4. The van der Waals surface area contributed by atoms with Crippen molar-refractivity contribution in [3.63, 3.8) is 0 Å². The van der Waals surface area contributed by atoms with Crippen LogP contribution < -0.4 is 5.32 Å². The molecule has 1 unspecified atom stereocenters. The van der Waals surface area contributed by atoms with Crippen LogP contribution in [0.5, 0.6) is 0 Å². The van der Waals surface area contributed by atoms with Gasteiger partial charge >= 0.3 is 0 Å². The first kappa shape index (κ1) is 11.2. The van der Waals surface area contributed by atoms with Crippen LogP contribution >= 0.6 is 0 Å². The highest BCUT2D eigenvalue weighted by Crippen LogP contribution is 2.29. The third kappa shape index (κ3) is 1.74. The molecule has 0 bridgehead atoms. The molecule has 2 heterocycles. The average molecular weight is 248 g/mol. The number of benzene rings is 1. The minimum atomic E-state index is -0.239. The van der Waals surface area contributed by atoms with Crippen LogP contribution in [0.4, 0.5) is 10.3 Å². The molecular formula is C12H13FN4O. The van der Waals surface area contributed by atoms with Crippen LogP contribution in [0, 0.1) is 5.82 Å². The molecule has 0 saturated heterocycles. The molecule has 0 aliphatic carbocycles. The monoisotopic (exact) mass is 248 g/mol. The number of halogens is 1. The Kier molecular flexibility index (Phi) is 2.71. The summed E-state index contributed by atoms with van der Waals surface area (Å²) >= 11 is 0. The van der Waals surface area contributed by atoms with E-state index in [0.717, 1.165) is 6.42 Å². The maximum absolute atomic E-state index is 13.8. The van der Waals surface area contributed by atoms with E-state index in [-0.39, 0.29) is 18.5 Å². The third-order valence-corrected chi connectivity index (χ3v) is 3.08. The first-order valence-electron chi connectivity index (χ1n) is 5.84. The van der Waals surface area contributed by atoms with Crippen molar-refractivity contribution >= 4 is 5.95 Å². The minimum Gasteiger partial charge on any atom is -0.388 e. The van der Waals surface area contributed by atoms with Crippen molar-refractivity contribution in [3.8, 4) is 0 Å². The second-order valence-electron chi connectivity index (χ2n) is 4.21. The van der Waals surface area contributed by atoms with E-state index in [1.807, 2.05) is 6.07 Å². The lowest BCUT2D eigenvalue weighted by molar-refractivity contribution is 0.270. The van der Waals surface area contributed by atoms with Crippen LogP contribution in [0.2, 0.25) is 0 Å². The summed E-state index contributed by atoms with van der Waals surface area (Å²) in [7, 11) is 0. The van der Waals surface area contributed by atoms with Crippen LogP contribution in [-0.2, 0) is 6.61 Å². The lowest BCUT2D eigenvalue weighted by Gasteiger charge is -2.24. The molecule has 3 rings (SSSR count). The van der Waals surface area contributed by atoms with E-state index in [1.54, 1.807) is 16.8 Å². The maximum atomic E-state index is 13.8. The highest BCUT2D eigenvalue weighted by atomic mass is 19.1. The topological polar surface area (TPSA) is 63.0 Å². The molecule has 2 aromatic rings. The van der Waals surface area contributed by atoms with Gasteiger partial charge in [0.25, 0.3) is 0 Å². The van der Waals surface area contributed by atoms with Gasteiger partial charge in [0.15, 0.2) is 5.82 Å². The van der Waals surface area contributed by atoms with Gasteiger partial charge in [0.05, 0.1) is 6.04 Å². The Bertz CT molecular complexity index is 569. The zero-order chi connectivity index (χ0) is 12.5. The third-order valence-electron chi connectivity index (χ3n) is 3.08. The lowest BCUT2D eigenvalue weighted by Crippen LogP contribution is -2.25. The summed E-state index contributed by atoms with van der Waals surface area (Å²) in [5.74, 6) is 0.690. The molecule has 18 heavy (non-hydrogen) atoms. The summed E-state index contributed by atoms with van der Waals surface area (Å²) < 4.78 is 15.5. The second-order valence-corrected chi connectivity index (χ2v) is 4.21. The first-order chi connectivity index (χ1) is 8.79. The number of aromatic nitrogens is 3. The van der Waals surface area contributed by atoms with E-state index in [9.17, 15) is 4.39 Å². The molecule has 1 aromatic heterocycles. The largest absolute Gasteiger partial charge is 0.388 e. The van der Waals surface area contributed by atoms with Crippen molar-refractivity contribution in [2.24, 2.45) is 0 Å². The predicted octanol–water partition coefficient (Wildman–Crippen LogP) is 1.31. The highest BCUT2D eigenvalue weighted by Gasteiger charge is 2.26. The maximum Gasteiger partial charge on any atom is 0.222 e. The van der Waals surface area contributed by atoms with Gasteiger partial charge in [-0.3, -0.25) is 0 Å². The Morgan fingerprint density at radius 2 is 2.28 bits per heavy atom. The molecule has 2 N–H and O–H groups in total. The minimum absolute atomic E-state index is 0.171. The summed E-state index contributed by atoms with van der Waals surface area (Å²) in [6, 6.07) is 6.51. The molecule has 5 nitrogen and oxygen atoms in total. The summed E-state index contributed by atoms with van der Waals surface area (Å²) in [5.41, 5.74) is 0.606. The van der Waals surface area contributed by atoms with Gasteiger partial charge in [-0.2, -0.15) is 10.1 Å². The molecular weight excluding hydrogens is 235 g/mol. The van der Waals surface area contributed by atoms with Crippen molar-refractivity contribution in [2.45, 2.75) is 19.1 Å². The molecule has 1 aliphatic rings. The fraction of sp³-hybridized carbons (Fsp3) is 0.333. The average Bonchev–Trinajstić information content (AvgIpc) is 2.82. The molecule has 1 atom stereocenters. The van der Waals surface area contributed by atoms with Crippen LogP contribution in [0.15, 0.2) is 24.3 Å². The van der Waals surface area contributed by atoms with E-state index in [2.05, 4.69) is 15.4 Å². The van der Waals surface area contributed by atoms with Crippen molar-refractivity contribution in [2.75, 3.05) is 11.9 Å². The molecule has 1 aliphatic heterocycles. The van der Waals surface area contributed by atoms with Crippen LogP contribution in [0.3, 0.4) is 0 Å². The number of aliphatic hydroxyl groups is 1. The van der Waals surface area contributed by atoms with Gasteiger partial charge in [-0.1, -0.05) is 18.2 Å². The Balaban J connectivity index is 2.06. The highest BCUT2D eigenvalue weighted by molar-refractivity contribution is 5.33. The normalized spacial score (nSPS) is 18.2. The number of rotatable bonds is 2. The molecule has 0 amide bonds. The Hall–Kier alpha value is -1.95. The van der Waals surface area contributed by atoms with Crippen LogP contribution in [-0.4, -0.2) is 26.4 Å². The second kappa shape index (κ2) is 4.38. The molecule has 6 heteroatoms. The lowest BCUT2D eigenvalue weighted by atomic mass is 10.0. The van der Waals surface area contributed by atoms with Gasteiger partial charge in [-0.25, -0.2) is 9.07 Å². The number of anilines is 1. The Morgan fingerprint density at radius 1 is 1.44 bits per heavy atom. The van der Waals surface area contributed by atoms with E-state index in [0.29, 0.717) is 23.9 Å². The van der Waals surface area contributed by atoms with Crippen LogP contribution in [0.1, 0.15) is 23.9 Å².